The van der Waals surface area contributed by atoms with Crippen molar-refractivity contribution in [3.05, 3.63) is 29.3 Å². The molecule has 0 bridgehead atoms. The summed E-state index contributed by atoms with van der Waals surface area (Å²) >= 11 is 0. The summed E-state index contributed by atoms with van der Waals surface area (Å²) in [6.45, 7) is 9.01. The molecule has 1 N–H and O–H groups in total. The second-order valence-electron chi connectivity index (χ2n) is 6.18. The van der Waals surface area contributed by atoms with E-state index in [9.17, 15) is 18.3 Å². The Morgan fingerprint density at radius 2 is 1.71 bits per heavy atom. The lowest BCUT2D eigenvalue weighted by molar-refractivity contribution is -0.258. The van der Waals surface area contributed by atoms with Crippen LogP contribution in [0.4, 0.5) is 13.2 Å². The van der Waals surface area contributed by atoms with Crippen LogP contribution < -0.4 is 4.74 Å². The van der Waals surface area contributed by atoms with Crippen molar-refractivity contribution in [3.8, 4) is 5.75 Å². The van der Waals surface area contributed by atoms with E-state index in [0.717, 1.165) is 6.92 Å². The lowest BCUT2D eigenvalue weighted by atomic mass is 9.90. The van der Waals surface area contributed by atoms with Gasteiger partial charge in [0.15, 0.2) is 5.60 Å². The monoisotopic (exact) mass is 304 g/mol. The van der Waals surface area contributed by atoms with E-state index in [0.29, 0.717) is 23.8 Å². The van der Waals surface area contributed by atoms with E-state index in [1.165, 1.54) is 18.2 Å². The molecule has 0 spiro atoms. The predicted molar refractivity (Wildman–Crippen MR) is 76.5 cm³/mol. The fraction of sp³-hybridized carbons (Fsp3) is 0.625. The minimum atomic E-state index is -4.72. The van der Waals surface area contributed by atoms with E-state index in [-0.39, 0.29) is 11.5 Å². The van der Waals surface area contributed by atoms with Crippen LogP contribution in [0.3, 0.4) is 0 Å². The number of aliphatic hydroxyl groups is 1. The van der Waals surface area contributed by atoms with E-state index in [2.05, 4.69) is 0 Å². The highest BCUT2D eigenvalue weighted by atomic mass is 19.4. The molecule has 1 aromatic rings. The molecular formula is C16H23F3O2. The lowest BCUT2D eigenvalue weighted by Gasteiger charge is -2.28. The molecule has 5 heteroatoms. The van der Waals surface area contributed by atoms with Crippen molar-refractivity contribution in [2.24, 2.45) is 5.92 Å². The van der Waals surface area contributed by atoms with Crippen molar-refractivity contribution < 1.29 is 23.0 Å². The highest BCUT2D eigenvalue weighted by molar-refractivity contribution is 5.41. The van der Waals surface area contributed by atoms with Gasteiger partial charge in [-0.25, -0.2) is 0 Å². The zero-order valence-corrected chi connectivity index (χ0v) is 13.1. The molecule has 0 aliphatic rings. The number of alkyl halides is 3. The van der Waals surface area contributed by atoms with Gasteiger partial charge in [0.05, 0.1) is 6.61 Å². The van der Waals surface area contributed by atoms with Crippen LogP contribution in [0, 0.1) is 5.92 Å². The Hall–Kier alpha value is -1.23. The average molecular weight is 304 g/mol. The van der Waals surface area contributed by atoms with Gasteiger partial charge in [-0.3, -0.25) is 0 Å². The maximum atomic E-state index is 12.9. The third-order valence-electron chi connectivity index (χ3n) is 3.32. The van der Waals surface area contributed by atoms with Gasteiger partial charge in [-0.2, -0.15) is 13.2 Å². The van der Waals surface area contributed by atoms with Gasteiger partial charge in [-0.1, -0.05) is 33.8 Å². The Labute approximate surface area is 123 Å². The topological polar surface area (TPSA) is 29.5 Å². The summed E-state index contributed by atoms with van der Waals surface area (Å²) in [5.41, 5.74) is -2.37. The zero-order valence-electron chi connectivity index (χ0n) is 13.1. The normalized spacial score (nSPS) is 15.4. The van der Waals surface area contributed by atoms with Crippen LogP contribution >= 0.6 is 0 Å². The SMILES string of the molecule is CC(C)COc1ccc(C(C)(O)C(F)(F)F)cc1C(C)C. The van der Waals surface area contributed by atoms with Gasteiger partial charge >= 0.3 is 6.18 Å². The third-order valence-corrected chi connectivity index (χ3v) is 3.32. The third kappa shape index (κ3) is 4.13. The van der Waals surface area contributed by atoms with Crippen LogP contribution in [0.5, 0.6) is 5.75 Å². The number of rotatable bonds is 5. The number of hydrogen-bond acceptors (Lipinski definition) is 2. The Bertz CT molecular complexity index is 477. The van der Waals surface area contributed by atoms with Crippen LogP contribution in [0.25, 0.3) is 0 Å². The molecule has 0 saturated heterocycles. The van der Waals surface area contributed by atoms with Crippen LogP contribution in [0.15, 0.2) is 18.2 Å². The van der Waals surface area contributed by atoms with Crippen molar-refractivity contribution >= 4 is 0 Å². The Balaban J connectivity index is 3.20. The molecule has 0 saturated carbocycles. The maximum absolute atomic E-state index is 12.9. The fourth-order valence-corrected chi connectivity index (χ4v) is 1.85. The van der Waals surface area contributed by atoms with E-state index in [1.807, 2.05) is 27.7 Å². The maximum Gasteiger partial charge on any atom is 0.421 e. The quantitative estimate of drug-likeness (QED) is 0.860. The van der Waals surface area contributed by atoms with Crippen LogP contribution in [-0.2, 0) is 5.60 Å². The first-order valence-electron chi connectivity index (χ1n) is 7.03. The van der Waals surface area contributed by atoms with Gasteiger partial charge in [-0.05, 0) is 42.0 Å². The van der Waals surface area contributed by atoms with Crippen LogP contribution in [0.2, 0.25) is 0 Å². The molecule has 1 rings (SSSR count). The van der Waals surface area contributed by atoms with Gasteiger partial charge in [-0.15, -0.1) is 0 Å². The van der Waals surface area contributed by atoms with Gasteiger partial charge in [0, 0.05) is 0 Å². The molecule has 120 valence electrons. The zero-order chi connectivity index (χ0) is 16.4. The molecule has 0 heterocycles. The highest BCUT2D eigenvalue weighted by Crippen LogP contribution is 2.40. The molecule has 0 aliphatic heterocycles. The summed E-state index contributed by atoms with van der Waals surface area (Å²) in [6.07, 6.45) is -4.72. The molecule has 0 aromatic heterocycles. The Kier molecular flexibility index (Phi) is 5.31. The van der Waals surface area contributed by atoms with Crippen LogP contribution in [0.1, 0.15) is 51.7 Å². The summed E-state index contributed by atoms with van der Waals surface area (Å²) < 4.78 is 44.4. The molecule has 0 aliphatic carbocycles. The summed E-state index contributed by atoms with van der Waals surface area (Å²) in [7, 11) is 0. The second kappa shape index (κ2) is 6.26. The number of hydrogen-bond donors (Lipinski definition) is 1. The molecule has 1 aromatic carbocycles. The van der Waals surface area contributed by atoms with E-state index in [4.69, 9.17) is 4.74 Å². The molecule has 2 nitrogen and oxygen atoms in total. The molecule has 1 unspecified atom stereocenters. The summed E-state index contributed by atoms with van der Waals surface area (Å²) in [4.78, 5) is 0. The lowest BCUT2D eigenvalue weighted by Crippen LogP contribution is -2.39. The second-order valence-corrected chi connectivity index (χ2v) is 6.18. The summed E-state index contributed by atoms with van der Waals surface area (Å²) in [6, 6.07) is 4.16. The Morgan fingerprint density at radius 3 is 2.14 bits per heavy atom. The highest BCUT2D eigenvalue weighted by Gasteiger charge is 2.51. The minimum Gasteiger partial charge on any atom is -0.493 e. The van der Waals surface area contributed by atoms with Crippen molar-refractivity contribution in [2.45, 2.75) is 52.3 Å². The first-order chi connectivity index (χ1) is 9.46. The average Bonchev–Trinajstić information content (AvgIpc) is 2.34. The molecule has 0 radical (unpaired) electrons. The molecular weight excluding hydrogens is 281 g/mol. The summed E-state index contributed by atoms with van der Waals surface area (Å²) in [5.74, 6) is 0.888. The Morgan fingerprint density at radius 1 is 1.14 bits per heavy atom. The predicted octanol–water partition coefficient (Wildman–Crippen LogP) is 4.61. The smallest absolute Gasteiger partial charge is 0.421 e. The minimum absolute atomic E-state index is 0.00357. The van der Waals surface area contributed by atoms with E-state index >= 15 is 0 Å². The van der Waals surface area contributed by atoms with Gasteiger partial charge in [0.25, 0.3) is 0 Å². The fourth-order valence-electron chi connectivity index (χ4n) is 1.85. The molecule has 1 atom stereocenters. The molecule has 21 heavy (non-hydrogen) atoms. The number of benzene rings is 1. The van der Waals surface area contributed by atoms with Crippen molar-refractivity contribution in [2.75, 3.05) is 6.61 Å². The van der Waals surface area contributed by atoms with Crippen molar-refractivity contribution in [3.63, 3.8) is 0 Å². The standard InChI is InChI=1S/C16H23F3O2/c1-10(2)9-21-14-7-6-12(8-13(14)11(3)4)15(5,20)16(17,18)19/h6-8,10-11,20H,9H2,1-5H3. The van der Waals surface area contributed by atoms with Gasteiger partial charge in [0.2, 0.25) is 0 Å². The largest absolute Gasteiger partial charge is 0.493 e. The first-order valence-corrected chi connectivity index (χ1v) is 7.03. The number of halogens is 3. The van der Waals surface area contributed by atoms with Crippen molar-refractivity contribution in [1.82, 2.24) is 0 Å². The van der Waals surface area contributed by atoms with E-state index in [1.54, 1.807) is 0 Å². The van der Waals surface area contributed by atoms with Gasteiger partial charge < -0.3 is 9.84 Å². The number of ether oxygens (including phenoxy) is 1. The van der Waals surface area contributed by atoms with E-state index < -0.39 is 11.8 Å². The van der Waals surface area contributed by atoms with Gasteiger partial charge in [0.1, 0.15) is 5.75 Å². The molecule has 0 fully saturated rings. The van der Waals surface area contributed by atoms with Crippen LogP contribution in [-0.4, -0.2) is 17.9 Å². The molecule has 0 amide bonds. The first kappa shape index (κ1) is 17.8. The summed E-state index contributed by atoms with van der Waals surface area (Å²) in [5, 5.41) is 9.77. The van der Waals surface area contributed by atoms with Crippen molar-refractivity contribution in [1.29, 1.82) is 0 Å².